The van der Waals surface area contributed by atoms with Gasteiger partial charge in [-0.05, 0) is 25.0 Å². The molecule has 2 N–H and O–H groups in total. The molecule has 0 atom stereocenters. The second kappa shape index (κ2) is 3.47. The Balaban J connectivity index is 2.52. The fourth-order valence-electron chi connectivity index (χ4n) is 1.62. The molecule has 15 heavy (non-hydrogen) atoms. The van der Waals surface area contributed by atoms with Crippen molar-refractivity contribution < 1.29 is 8.42 Å². The predicted molar refractivity (Wildman–Crippen MR) is 59.7 cm³/mol. The van der Waals surface area contributed by atoms with Gasteiger partial charge in [0, 0.05) is 6.54 Å². The molecule has 1 fully saturated rings. The summed E-state index contributed by atoms with van der Waals surface area (Å²) in [6, 6.07) is 6.50. The van der Waals surface area contributed by atoms with Gasteiger partial charge in [-0.1, -0.05) is 23.7 Å². The summed E-state index contributed by atoms with van der Waals surface area (Å²) in [6.07, 6.45) is 1.27. The molecule has 5 heteroatoms. The van der Waals surface area contributed by atoms with Crippen molar-refractivity contribution in [3.05, 3.63) is 29.3 Å². The summed E-state index contributed by atoms with van der Waals surface area (Å²) in [6.45, 7) is 0.167. The Morgan fingerprint density at radius 1 is 1.33 bits per heavy atom. The highest BCUT2D eigenvalue weighted by atomic mass is 35.5. The minimum atomic E-state index is -3.37. The van der Waals surface area contributed by atoms with Crippen LogP contribution in [0.25, 0.3) is 0 Å². The van der Waals surface area contributed by atoms with E-state index in [1.165, 1.54) is 6.07 Å². The molecule has 1 aromatic carbocycles. The minimum absolute atomic E-state index is 0.167. The van der Waals surface area contributed by atoms with Crippen LogP contribution in [0.5, 0.6) is 0 Å². The van der Waals surface area contributed by atoms with Crippen LogP contribution in [0, 0.1) is 0 Å². The molecule has 0 saturated heterocycles. The van der Waals surface area contributed by atoms with E-state index >= 15 is 0 Å². The monoisotopic (exact) mass is 245 g/mol. The first-order valence-electron chi connectivity index (χ1n) is 4.73. The van der Waals surface area contributed by atoms with E-state index in [-0.39, 0.29) is 16.5 Å². The van der Waals surface area contributed by atoms with E-state index in [2.05, 4.69) is 0 Å². The first-order valence-corrected chi connectivity index (χ1v) is 6.59. The number of nitrogens with two attached hydrogens (primary N) is 1. The fourth-order valence-corrected chi connectivity index (χ4v) is 3.97. The van der Waals surface area contributed by atoms with Crippen LogP contribution in [0.2, 0.25) is 5.02 Å². The molecular weight excluding hydrogens is 234 g/mol. The lowest BCUT2D eigenvalue weighted by Crippen LogP contribution is -2.32. The third kappa shape index (κ3) is 1.57. The third-order valence-electron chi connectivity index (χ3n) is 2.88. The third-order valence-corrected chi connectivity index (χ3v) is 5.97. The zero-order valence-corrected chi connectivity index (χ0v) is 9.68. The molecule has 3 nitrogen and oxygen atoms in total. The van der Waals surface area contributed by atoms with Gasteiger partial charge < -0.3 is 5.73 Å². The topological polar surface area (TPSA) is 60.2 Å². The van der Waals surface area contributed by atoms with Crippen molar-refractivity contribution in [2.24, 2.45) is 5.73 Å². The summed E-state index contributed by atoms with van der Waals surface area (Å²) in [5.74, 6) is 0. The van der Waals surface area contributed by atoms with E-state index < -0.39 is 14.6 Å². The molecule has 2 rings (SSSR count). The van der Waals surface area contributed by atoms with Crippen LogP contribution in [-0.2, 0) is 9.84 Å². The Hall–Kier alpha value is -0.580. The number of rotatable bonds is 3. The first kappa shape index (κ1) is 10.9. The molecule has 0 amide bonds. The average Bonchev–Trinajstić information content (AvgIpc) is 2.98. The number of hydrogen-bond acceptors (Lipinski definition) is 3. The van der Waals surface area contributed by atoms with E-state index in [0.29, 0.717) is 12.8 Å². The van der Waals surface area contributed by atoms with Crippen molar-refractivity contribution in [3.8, 4) is 0 Å². The normalized spacial score (nSPS) is 18.8. The van der Waals surface area contributed by atoms with Crippen molar-refractivity contribution >= 4 is 21.4 Å². The van der Waals surface area contributed by atoms with Crippen LogP contribution in [0.4, 0.5) is 0 Å². The van der Waals surface area contributed by atoms with Crippen LogP contribution >= 0.6 is 11.6 Å². The summed E-state index contributed by atoms with van der Waals surface area (Å²) in [4.78, 5) is 0.203. The molecule has 0 radical (unpaired) electrons. The van der Waals surface area contributed by atoms with Gasteiger partial charge in [0.1, 0.15) is 0 Å². The fraction of sp³-hybridized carbons (Fsp3) is 0.400. The van der Waals surface area contributed by atoms with Gasteiger partial charge >= 0.3 is 0 Å². The van der Waals surface area contributed by atoms with Gasteiger partial charge in [-0.2, -0.15) is 0 Å². The van der Waals surface area contributed by atoms with E-state index in [1.807, 2.05) is 0 Å². The quantitative estimate of drug-likeness (QED) is 0.880. The lowest BCUT2D eigenvalue weighted by atomic mass is 10.4. The zero-order chi connectivity index (χ0) is 11.1. The molecule has 0 heterocycles. The van der Waals surface area contributed by atoms with E-state index in [0.717, 1.165) is 0 Å². The largest absolute Gasteiger partial charge is 0.329 e. The lowest BCUT2D eigenvalue weighted by molar-refractivity contribution is 0.577. The van der Waals surface area contributed by atoms with Crippen molar-refractivity contribution in [1.29, 1.82) is 0 Å². The smallest absolute Gasteiger partial charge is 0.186 e. The Bertz CT molecular complexity index is 480. The van der Waals surface area contributed by atoms with Gasteiger partial charge in [0.15, 0.2) is 9.84 Å². The highest BCUT2D eigenvalue weighted by molar-refractivity contribution is 7.93. The molecule has 1 aromatic rings. The average molecular weight is 246 g/mol. The van der Waals surface area contributed by atoms with Crippen molar-refractivity contribution in [2.75, 3.05) is 6.54 Å². The van der Waals surface area contributed by atoms with E-state index in [4.69, 9.17) is 17.3 Å². The zero-order valence-electron chi connectivity index (χ0n) is 8.11. The maximum atomic E-state index is 12.2. The second-order valence-corrected chi connectivity index (χ2v) is 6.54. The van der Waals surface area contributed by atoms with Gasteiger partial charge in [-0.3, -0.25) is 0 Å². The second-order valence-electron chi connectivity index (χ2n) is 3.82. The highest BCUT2D eigenvalue weighted by Gasteiger charge is 2.54. The summed E-state index contributed by atoms with van der Waals surface area (Å²) < 4.78 is 23.7. The molecule has 0 bridgehead atoms. The predicted octanol–water partition coefficient (Wildman–Crippen LogP) is 1.60. The summed E-state index contributed by atoms with van der Waals surface area (Å²) in [5, 5.41) is 0.275. The molecule has 0 unspecified atom stereocenters. The molecule has 1 aliphatic rings. The lowest BCUT2D eigenvalue weighted by Gasteiger charge is -2.14. The number of sulfone groups is 1. The molecule has 0 aromatic heterocycles. The van der Waals surface area contributed by atoms with Crippen LogP contribution < -0.4 is 5.73 Å². The van der Waals surface area contributed by atoms with Crippen molar-refractivity contribution in [3.63, 3.8) is 0 Å². The maximum absolute atomic E-state index is 12.2. The summed E-state index contributed by atoms with van der Waals surface area (Å²) in [5.41, 5.74) is 5.52. The molecular formula is C10H12ClNO2S. The van der Waals surface area contributed by atoms with Gasteiger partial charge in [-0.15, -0.1) is 0 Å². The Morgan fingerprint density at radius 3 is 2.40 bits per heavy atom. The van der Waals surface area contributed by atoms with Gasteiger partial charge in [0.05, 0.1) is 14.7 Å². The number of hydrogen-bond donors (Lipinski definition) is 1. The van der Waals surface area contributed by atoms with Gasteiger partial charge in [0.25, 0.3) is 0 Å². The van der Waals surface area contributed by atoms with E-state index in [9.17, 15) is 8.42 Å². The number of halogens is 1. The Kier molecular flexibility index (Phi) is 2.53. The summed E-state index contributed by atoms with van der Waals surface area (Å²) in [7, 11) is -3.37. The molecule has 1 aliphatic carbocycles. The molecule has 0 aliphatic heterocycles. The molecule has 0 spiro atoms. The Morgan fingerprint density at radius 2 is 1.93 bits per heavy atom. The van der Waals surface area contributed by atoms with E-state index in [1.54, 1.807) is 18.2 Å². The van der Waals surface area contributed by atoms with Crippen molar-refractivity contribution in [2.45, 2.75) is 22.5 Å². The SMILES string of the molecule is NCC1(S(=O)(=O)c2ccccc2Cl)CC1. The minimum Gasteiger partial charge on any atom is -0.329 e. The van der Waals surface area contributed by atoms with Gasteiger partial charge in [-0.25, -0.2) is 8.42 Å². The standard InChI is InChI=1S/C10H12ClNO2S/c11-8-3-1-2-4-9(8)15(13,14)10(7-12)5-6-10/h1-4H,5-7,12H2. The number of benzene rings is 1. The molecule has 82 valence electrons. The van der Waals surface area contributed by atoms with Crippen LogP contribution in [0.3, 0.4) is 0 Å². The highest BCUT2D eigenvalue weighted by Crippen LogP contribution is 2.46. The maximum Gasteiger partial charge on any atom is 0.186 e. The van der Waals surface area contributed by atoms with Crippen LogP contribution in [0.1, 0.15) is 12.8 Å². The van der Waals surface area contributed by atoms with Crippen molar-refractivity contribution in [1.82, 2.24) is 0 Å². The summed E-state index contributed by atoms with van der Waals surface area (Å²) >= 11 is 5.88. The van der Waals surface area contributed by atoms with Crippen LogP contribution in [0.15, 0.2) is 29.2 Å². The molecule has 1 saturated carbocycles. The Labute approximate surface area is 94.2 Å². The van der Waals surface area contributed by atoms with Gasteiger partial charge in [0.2, 0.25) is 0 Å². The first-order chi connectivity index (χ1) is 7.03. The van der Waals surface area contributed by atoms with Crippen LogP contribution in [-0.4, -0.2) is 19.7 Å².